The van der Waals surface area contributed by atoms with Crippen molar-refractivity contribution in [1.29, 1.82) is 0 Å². The first-order valence-electron chi connectivity index (χ1n) is 13.6. The maximum atomic E-state index is 14.2. The fourth-order valence-electron chi connectivity index (χ4n) is 5.41. The third-order valence-electron chi connectivity index (χ3n) is 9.63. The van der Waals surface area contributed by atoms with E-state index in [0.29, 0.717) is 19.3 Å². The zero-order valence-corrected chi connectivity index (χ0v) is 27.3. The van der Waals surface area contributed by atoms with E-state index in [4.69, 9.17) is 13.9 Å². The van der Waals surface area contributed by atoms with Gasteiger partial charge in [0, 0.05) is 7.11 Å². The lowest BCUT2D eigenvalue weighted by molar-refractivity contribution is -0.187. The van der Waals surface area contributed by atoms with E-state index in [-0.39, 0.29) is 28.4 Å². The van der Waals surface area contributed by atoms with Gasteiger partial charge in [-0.15, -0.1) is 0 Å². The molecule has 2 fully saturated rings. The molecule has 1 heterocycles. The molecule has 1 saturated carbocycles. The second-order valence-electron chi connectivity index (χ2n) is 13.9. The lowest BCUT2D eigenvalue weighted by Gasteiger charge is -2.64. The number of rotatable bonds is 9. The van der Waals surface area contributed by atoms with Gasteiger partial charge in [-0.25, -0.2) is 0 Å². The van der Waals surface area contributed by atoms with E-state index in [0.717, 1.165) is 0 Å². The van der Waals surface area contributed by atoms with E-state index in [1.54, 1.807) is 0 Å². The standard InChI is InChI=1S/C28H51NO6Si2/c1-14-18-34-25(32)28(17-15-16-20(33-9)23(28)30)22-21(19(2)35-37(12,13)27(6,7)8)24(31)29(22)36(10,11)26(3,4)5/h14,19-22H,1,15-18H2,2-13H3/t19-,20?,21-,22+,28?/m1/s1. The summed E-state index contributed by atoms with van der Waals surface area (Å²) in [6.45, 7) is 27.1. The fourth-order valence-corrected chi connectivity index (χ4v) is 9.34. The Kier molecular flexibility index (Phi) is 9.23. The van der Waals surface area contributed by atoms with Gasteiger partial charge in [0.15, 0.2) is 22.3 Å². The van der Waals surface area contributed by atoms with Gasteiger partial charge in [-0.2, -0.15) is 0 Å². The average Bonchev–Trinajstić information content (AvgIpc) is 2.74. The molecule has 0 spiro atoms. The van der Waals surface area contributed by atoms with Crippen LogP contribution in [0.5, 0.6) is 0 Å². The topological polar surface area (TPSA) is 82.1 Å². The van der Waals surface area contributed by atoms with Crippen LogP contribution in [0.4, 0.5) is 0 Å². The van der Waals surface area contributed by atoms with Crippen LogP contribution in [0.15, 0.2) is 12.7 Å². The summed E-state index contributed by atoms with van der Waals surface area (Å²) < 4.78 is 19.9. The minimum Gasteiger partial charge on any atom is -0.461 e. The van der Waals surface area contributed by atoms with E-state index in [1.807, 2.05) is 11.5 Å². The number of hydrogen-bond acceptors (Lipinski definition) is 6. The Morgan fingerprint density at radius 3 is 2.16 bits per heavy atom. The van der Waals surface area contributed by atoms with Crippen molar-refractivity contribution in [2.75, 3.05) is 13.7 Å². The number of Topliss-reactive ketones (excluding diaryl/α,β-unsaturated/α-hetero) is 1. The Labute approximate surface area is 226 Å². The monoisotopic (exact) mass is 553 g/mol. The van der Waals surface area contributed by atoms with Crippen molar-refractivity contribution in [2.45, 2.75) is 122 Å². The summed E-state index contributed by atoms with van der Waals surface area (Å²) in [7, 11) is -3.21. The van der Waals surface area contributed by atoms with E-state index >= 15 is 0 Å². The summed E-state index contributed by atoms with van der Waals surface area (Å²) in [5.74, 6) is -1.49. The Hall–Kier alpha value is -1.30. The molecule has 2 aliphatic rings. The highest BCUT2D eigenvalue weighted by molar-refractivity contribution is 6.80. The molecule has 2 unspecified atom stereocenters. The Balaban J connectivity index is 2.74. The highest BCUT2D eigenvalue weighted by Gasteiger charge is 2.71. The maximum absolute atomic E-state index is 14.2. The summed E-state index contributed by atoms with van der Waals surface area (Å²) in [6, 6.07) is -0.636. The SMILES string of the molecule is C=CCOC(=O)C1([C@@H]2[C@@H]([C@@H](C)O[Si](C)(C)C(C)(C)C)C(=O)N2[Si](C)(C)C(C)(C)C)CCCC(OC)C1=O. The number of hydrogen-bond donors (Lipinski definition) is 0. The predicted octanol–water partition coefficient (Wildman–Crippen LogP) is 5.71. The molecule has 1 aliphatic carbocycles. The van der Waals surface area contributed by atoms with Crippen molar-refractivity contribution in [2.24, 2.45) is 11.3 Å². The molecule has 1 aliphatic heterocycles. The normalized spacial score (nSPS) is 28.5. The average molecular weight is 554 g/mol. The van der Waals surface area contributed by atoms with Crippen LogP contribution < -0.4 is 0 Å². The van der Waals surface area contributed by atoms with Crippen LogP contribution in [0.2, 0.25) is 36.3 Å². The van der Waals surface area contributed by atoms with Crippen LogP contribution in [-0.2, 0) is 28.3 Å². The molecule has 9 heteroatoms. The second-order valence-corrected chi connectivity index (χ2v) is 23.8. The molecule has 2 rings (SSSR count). The van der Waals surface area contributed by atoms with Gasteiger partial charge >= 0.3 is 5.97 Å². The van der Waals surface area contributed by atoms with Gasteiger partial charge in [0.25, 0.3) is 0 Å². The van der Waals surface area contributed by atoms with Gasteiger partial charge in [-0.3, -0.25) is 14.4 Å². The lowest BCUT2D eigenvalue weighted by atomic mass is 9.60. The lowest BCUT2D eigenvalue weighted by Crippen LogP contribution is -2.81. The molecule has 1 saturated heterocycles. The van der Waals surface area contributed by atoms with E-state index < -0.39 is 52.1 Å². The number of carbonyl (C=O) groups excluding carboxylic acids is 3. The molecule has 7 nitrogen and oxygen atoms in total. The summed E-state index contributed by atoms with van der Waals surface area (Å²) in [5, 5.41) is -0.231. The molecular weight excluding hydrogens is 502 g/mol. The minimum atomic E-state index is -2.48. The number of nitrogens with zero attached hydrogens (tertiary/aromatic N) is 1. The number of ether oxygens (including phenoxy) is 2. The fraction of sp³-hybridized carbons (Fsp3) is 0.821. The highest BCUT2D eigenvalue weighted by atomic mass is 28.4. The number of β-lactam (4-membered cyclic amide) rings is 1. The first-order valence-corrected chi connectivity index (χ1v) is 19.4. The van der Waals surface area contributed by atoms with Crippen LogP contribution >= 0.6 is 0 Å². The minimum absolute atomic E-state index is 0.00690. The van der Waals surface area contributed by atoms with Crippen LogP contribution in [0.3, 0.4) is 0 Å². The summed E-state index contributed by atoms with van der Waals surface area (Å²) in [5.41, 5.74) is -1.50. The highest BCUT2D eigenvalue weighted by Crippen LogP contribution is 2.55. The van der Waals surface area contributed by atoms with Crippen molar-refractivity contribution in [3.63, 3.8) is 0 Å². The first-order chi connectivity index (χ1) is 16.7. The van der Waals surface area contributed by atoms with E-state index in [2.05, 4.69) is 74.3 Å². The van der Waals surface area contributed by atoms with Gasteiger partial charge in [0.1, 0.15) is 18.1 Å². The van der Waals surface area contributed by atoms with Gasteiger partial charge in [-0.1, -0.05) is 67.3 Å². The number of esters is 1. The predicted molar refractivity (Wildman–Crippen MR) is 152 cm³/mol. The van der Waals surface area contributed by atoms with Crippen molar-refractivity contribution < 1.29 is 28.3 Å². The molecule has 0 aromatic rings. The zero-order valence-electron chi connectivity index (χ0n) is 25.3. The number of amides is 1. The molecule has 0 aromatic carbocycles. The van der Waals surface area contributed by atoms with Crippen LogP contribution in [-0.4, -0.2) is 70.7 Å². The molecule has 1 amide bonds. The first kappa shape index (κ1) is 31.9. The van der Waals surface area contributed by atoms with E-state index in [9.17, 15) is 14.4 Å². The third kappa shape index (κ3) is 5.43. The van der Waals surface area contributed by atoms with Crippen LogP contribution in [0, 0.1) is 11.3 Å². The van der Waals surface area contributed by atoms with Crippen LogP contribution in [0.1, 0.15) is 67.7 Å². The largest absolute Gasteiger partial charge is 0.461 e. The van der Waals surface area contributed by atoms with Gasteiger partial charge in [0.05, 0.1) is 18.1 Å². The molecule has 212 valence electrons. The smallest absolute Gasteiger partial charge is 0.322 e. The van der Waals surface area contributed by atoms with Crippen molar-refractivity contribution in [1.82, 2.24) is 4.57 Å². The molecule has 37 heavy (non-hydrogen) atoms. The Morgan fingerprint density at radius 2 is 1.70 bits per heavy atom. The van der Waals surface area contributed by atoms with Crippen molar-refractivity contribution in [3.05, 3.63) is 12.7 Å². The molecule has 0 bridgehead atoms. The molecular formula is C28H51NO6Si2. The molecule has 0 aromatic heterocycles. The molecule has 0 N–H and O–H groups in total. The van der Waals surface area contributed by atoms with Gasteiger partial charge in [-0.05, 0) is 49.4 Å². The molecule has 0 radical (unpaired) electrons. The van der Waals surface area contributed by atoms with Crippen molar-refractivity contribution in [3.8, 4) is 0 Å². The number of methoxy groups -OCH3 is 1. The third-order valence-corrected chi connectivity index (χ3v) is 19.6. The quantitative estimate of drug-likeness (QED) is 0.120. The van der Waals surface area contributed by atoms with E-state index in [1.165, 1.54) is 13.2 Å². The van der Waals surface area contributed by atoms with Gasteiger partial charge in [0.2, 0.25) is 5.91 Å². The maximum Gasteiger partial charge on any atom is 0.322 e. The summed E-state index contributed by atoms with van der Waals surface area (Å²) in [4.78, 5) is 42.2. The van der Waals surface area contributed by atoms with Crippen LogP contribution in [0.25, 0.3) is 0 Å². The Morgan fingerprint density at radius 1 is 1.14 bits per heavy atom. The molecule has 5 atom stereocenters. The van der Waals surface area contributed by atoms with Crippen molar-refractivity contribution >= 4 is 34.2 Å². The number of carbonyl (C=O) groups is 3. The summed E-state index contributed by atoms with van der Waals surface area (Å²) >= 11 is 0. The Bertz CT molecular complexity index is 903. The summed E-state index contributed by atoms with van der Waals surface area (Å²) in [6.07, 6.45) is 1.86. The van der Waals surface area contributed by atoms with Gasteiger partial charge < -0.3 is 18.5 Å². The number of ketones is 1. The second kappa shape index (κ2) is 10.7. The zero-order chi connectivity index (χ0) is 28.8.